The van der Waals surface area contributed by atoms with Gasteiger partial charge in [0, 0.05) is 25.0 Å². The van der Waals surface area contributed by atoms with Gasteiger partial charge in [-0.1, -0.05) is 6.42 Å². The SMILES string of the molecule is CN(CCNC(=O)C1CC2CCCC(C1)C2N)CC(F)(F)F.Cl.Cl. The number of carbonyl (C=O) groups is 1. The summed E-state index contributed by atoms with van der Waals surface area (Å²) in [5.74, 6) is 0.805. The molecule has 0 aromatic rings. The molecule has 0 aromatic carbocycles. The molecule has 0 aromatic heterocycles. The third kappa shape index (κ3) is 6.94. The highest BCUT2D eigenvalue weighted by atomic mass is 35.5. The first kappa shape index (κ1) is 23.8. The molecule has 9 heteroatoms. The lowest BCUT2D eigenvalue weighted by atomic mass is 9.65. The zero-order valence-electron chi connectivity index (χ0n) is 13.8. The Morgan fingerprint density at radius 3 is 2.25 bits per heavy atom. The van der Waals surface area contributed by atoms with Gasteiger partial charge in [0.15, 0.2) is 0 Å². The van der Waals surface area contributed by atoms with E-state index in [0.29, 0.717) is 11.8 Å². The minimum Gasteiger partial charge on any atom is -0.355 e. The Labute approximate surface area is 153 Å². The second-order valence-corrected chi connectivity index (χ2v) is 6.84. The summed E-state index contributed by atoms with van der Waals surface area (Å²) in [6, 6.07) is 0.218. The van der Waals surface area contributed by atoms with Gasteiger partial charge in [-0.05, 0) is 44.6 Å². The number of halogens is 5. The summed E-state index contributed by atoms with van der Waals surface area (Å²) in [5.41, 5.74) is 6.20. The van der Waals surface area contributed by atoms with Crippen LogP contribution in [0.1, 0.15) is 32.1 Å². The third-order valence-electron chi connectivity index (χ3n) is 5.03. The van der Waals surface area contributed by atoms with Crippen LogP contribution in [0.25, 0.3) is 0 Å². The lowest BCUT2D eigenvalue weighted by Gasteiger charge is -2.43. The quantitative estimate of drug-likeness (QED) is 0.754. The van der Waals surface area contributed by atoms with Crippen molar-refractivity contribution in [1.82, 2.24) is 10.2 Å². The first-order valence-electron chi connectivity index (χ1n) is 8.05. The van der Waals surface area contributed by atoms with Gasteiger partial charge in [0.1, 0.15) is 0 Å². The lowest BCUT2D eigenvalue weighted by Crippen LogP contribution is -2.49. The minimum absolute atomic E-state index is 0. The van der Waals surface area contributed by atoms with Gasteiger partial charge in [-0.3, -0.25) is 9.69 Å². The fraction of sp³-hybridized carbons (Fsp3) is 0.933. The van der Waals surface area contributed by atoms with Crippen molar-refractivity contribution in [3.05, 3.63) is 0 Å². The van der Waals surface area contributed by atoms with Crippen LogP contribution in [0.4, 0.5) is 13.2 Å². The smallest absolute Gasteiger partial charge is 0.355 e. The fourth-order valence-electron chi connectivity index (χ4n) is 3.90. The summed E-state index contributed by atoms with van der Waals surface area (Å²) in [6.07, 6.45) is 0.824. The largest absolute Gasteiger partial charge is 0.401 e. The van der Waals surface area contributed by atoms with E-state index in [2.05, 4.69) is 5.32 Å². The number of alkyl halides is 3. The van der Waals surface area contributed by atoms with E-state index in [9.17, 15) is 18.0 Å². The van der Waals surface area contributed by atoms with Gasteiger partial charge in [0.2, 0.25) is 5.91 Å². The number of hydrogen-bond acceptors (Lipinski definition) is 3. The van der Waals surface area contributed by atoms with Gasteiger partial charge < -0.3 is 11.1 Å². The molecule has 24 heavy (non-hydrogen) atoms. The van der Waals surface area contributed by atoms with Crippen LogP contribution in [0.15, 0.2) is 0 Å². The van der Waals surface area contributed by atoms with Gasteiger partial charge >= 0.3 is 6.18 Å². The summed E-state index contributed by atoms with van der Waals surface area (Å²) in [4.78, 5) is 13.4. The van der Waals surface area contributed by atoms with Crippen LogP contribution in [0.3, 0.4) is 0 Å². The number of hydrogen-bond donors (Lipinski definition) is 2. The summed E-state index contributed by atoms with van der Waals surface area (Å²) in [5, 5.41) is 2.78. The normalized spacial score (nSPS) is 29.4. The molecule has 0 aliphatic heterocycles. The van der Waals surface area contributed by atoms with Gasteiger partial charge in [0.25, 0.3) is 0 Å². The van der Waals surface area contributed by atoms with E-state index in [4.69, 9.17) is 5.73 Å². The molecule has 0 spiro atoms. The summed E-state index contributed by atoms with van der Waals surface area (Å²) in [6.45, 7) is -0.501. The van der Waals surface area contributed by atoms with Crippen LogP contribution in [0, 0.1) is 17.8 Å². The number of amides is 1. The molecule has 0 heterocycles. The monoisotopic (exact) mass is 393 g/mol. The topological polar surface area (TPSA) is 58.4 Å². The number of nitrogens with two attached hydrogens (primary N) is 1. The van der Waals surface area contributed by atoms with E-state index in [1.165, 1.54) is 18.4 Å². The molecular weight excluding hydrogens is 366 g/mol. The molecule has 2 aliphatic rings. The molecule has 2 fully saturated rings. The number of nitrogens with one attached hydrogen (secondary N) is 1. The Morgan fingerprint density at radius 1 is 1.21 bits per heavy atom. The fourth-order valence-corrected chi connectivity index (χ4v) is 3.90. The van der Waals surface area contributed by atoms with Crippen molar-refractivity contribution in [3.63, 3.8) is 0 Å². The summed E-state index contributed by atoms with van der Waals surface area (Å²) in [7, 11) is 1.41. The standard InChI is InChI=1S/C15H26F3N3O.2ClH/c1-21(9-15(16,17)18)6-5-20-14(22)12-7-10-3-2-4-11(8-12)13(10)19;;/h10-13H,2-9,19H2,1H3,(H,20,22);2*1H. The van der Waals surface area contributed by atoms with E-state index in [0.717, 1.165) is 25.7 Å². The first-order chi connectivity index (χ1) is 10.3. The molecule has 2 saturated carbocycles. The Balaban J connectivity index is 0.00000264. The van der Waals surface area contributed by atoms with Crippen LogP contribution in [0.5, 0.6) is 0 Å². The van der Waals surface area contributed by atoms with Gasteiger partial charge in [-0.15, -0.1) is 24.8 Å². The highest BCUT2D eigenvalue weighted by Crippen LogP contribution is 2.41. The maximum Gasteiger partial charge on any atom is 0.401 e. The Morgan fingerprint density at radius 2 is 1.75 bits per heavy atom. The Hall–Kier alpha value is -0.240. The zero-order chi connectivity index (χ0) is 16.3. The second kappa shape index (κ2) is 10.0. The number of likely N-dealkylation sites (N-methyl/N-ethyl adjacent to an activating group) is 1. The number of rotatable bonds is 5. The van der Waals surface area contributed by atoms with Crippen molar-refractivity contribution >= 4 is 30.7 Å². The maximum absolute atomic E-state index is 12.2. The van der Waals surface area contributed by atoms with Crippen molar-refractivity contribution < 1.29 is 18.0 Å². The Bertz CT molecular complexity index is 385. The van der Waals surface area contributed by atoms with E-state index in [1.807, 2.05) is 0 Å². The molecule has 2 aliphatic carbocycles. The molecule has 3 N–H and O–H groups in total. The molecule has 0 radical (unpaired) electrons. The average molecular weight is 394 g/mol. The van der Waals surface area contributed by atoms with E-state index < -0.39 is 12.7 Å². The van der Waals surface area contributed by atoms with Crippen molar-refractivity contribution in [2.45, 2.75) is 44.3 Å². The predicted molar refractivity (Wildman–Crippen MR) is 92.6 cm³/mol. The van der Waals surface area contributed by atoms with E-state index in [1.54, 1.807) is 0 Å². The van der Waals surface area contributed by atoms with Crippen molar-refractivity contribution in [1.29, 1.82) is 0 Å². The van der Waals surface area contributed by atoms with E-state index >= 15 is 0 Å². The van der Waals surface area contributed by atoms with E-state index in [-0.39, 0.29) is 55.8 Å². The van der Waals surface area contributed by atoms with Crippen LogP contribution in [-0.2, 0) is 4.79 Å². The molecule has 2 atom stereocenters. The molecule has 2 bridgehead atoms. The first-order valence-corrected chi connectivity index (χ1v) is 8.05. The molecule has 144 valence electrons. The molecule has 2 rings (SSSR count). The summed E-state index contributed by atoms with van der Waals surface area (Å²) < 4.78 is 36.6. The highest BCUT2D eigenvalue weighted by Gasteiger charge is 2.40. The second-order valence-electron chi connectivity index (χ2n) is 6.84. The molecule has 4 nitrogen and oxygen atoms in total. The van der Waals surface area contributed by atoms with Crippen molar-refractivity contribution in [2.75, 3.05) is 26.7 Å². The van der Waals surface area contributed by atoms with Crippen LogP contribution in [-0.4, -0.2) is 49.7 Å². The maximum atomic E-state index is 12.2. The number of fused-ring (bicyclic) bond motifs is 2. The van der Waals surface area contributed by atoms with Crippen molar-refractivity contribution in [3.8, 4) is 0 Å². The zero-order valence-corrected chi connectivity index (χ0v) is 15.5. The van der Waals surface area contributed by atoms with Crippen LogP contribution in [0.2, 0.25) is 0 Å². The predicted octanol–water partition coefficient (Wildman–Crippen LogP) is 2.59. The third-order valence-corrected chi connectivity index (χ3v) is 5.03. The Kier molecular flexibility index (Phi) is 9.94. The van der Waals surface area contributed by atoms with Gasteiger partial charge in [-0.2, -0.15) is 13.2 Å². The minimum atomic E-state index is -4.20. The highest BCUT2D eigenvalue weighted by molar-refractivity contribution is 5.85. The van der Waals surface area contributed by atoms with Crippen LogP contribution < -0.4 is 11.1 Å². The molecular formula is C15H28Cl2F3N3O. The van der Waals surface area contributed by atoms with Crippen molar-refractivity contribution in [2.24, 2.45) is 23.5 Å². The average Bonchev–Trinajstić information content (AvgIpc) is 2.35. The van der Waals surface area contributed by atoms with Crippen LogP contribution >= 0.6 is 24.8 Å². The number of carbonyl (C=O) groups excluding carboxylic acids is 1. The molecule has 0 saturated heterocycles. The molecule has 1 amide bonds. The van der Waals surface area contributed by atoms with Gasteiger partial charge in [-0.25, -0.2) is 0 Å². The van der Waals surface area contributed by atoms with Gasteiger partial charge in [0.05, 0.1) is 6.54 Å². The number of nitrogens with zero attached hydrogens (tertiary/aromatic N) is 1. The molecule has 2 unspecified atom stereocenters. The summed E-state index contributed by atoms with van der Waals surface area (Å²) >= 11 is 0. The lowest BCUT2D eigenvalue weighted by molar-refractivity contribution is -0.142.